The van der Waals surface area contributed by atoms with E-state index in [0.717, 1.165) is 87.3 Å². The van der Waals surface area contributed by atoms with Gasteiger partial charge in [-0.1, -0.05) is 133 Å². The molecule has 0 aromatic heterocycles. The summed E-state index contributed by atoms with van der Waals surface area (Å²) in [6.45, 7) is 0. The van der Waals surface area contributed by atoms with Crippen LogP contribution in [0.4, 0.5) is 0 Å². The first-order valence-electron chi connectivity index (χ1n) is 26.8. The number of benzene rings is 4. The van der Waals surface area contributed by atoms with Crippen LogP contribution in [-0.4, -0.2) is 81.2 Å². The van der Waals surface area contributed by atoms with Gasteiger partial charge in [0, 0.05) is 77.3 Å². The van der Waals surface area contributed by atoms with Gasteiger partial charge in [-0.15, -0.1) is 5.06 Å². The summed E-state index contributed by atoms with van der Waals surface area (Å²) in [6, 6.07) is 28.3. The maximum Gasteiger partial charge on any atom is 0.333 e. The van der Waals surface area contributed by atoms with Crippen molar-refractivity contribution in [2.75, 3.05) is 14.1 Å². The molecule has 77 heavy (non-hydrogen) atoms. The molecule has 3 aliphatic rings. The lowest BCUT2D eigenvalue weighted by Gasteiger charge is -2.37. The molecule has 7 rings (SSSR count). The zero-order chi connectivity index (χ0) is 55.6. The van der Waals surface area contributed by atoms with Gasteiger partial charge in [-0.3, -0.25) is 33.6 Å². The highest BCUT2D eigenvalue weighted by Crippen LogP contribution is 2.46. The number of hydrogen-bond acceptors (Lipinski definition) is 9. The summed E-state index contributed by atoms with van der Waals surface area (Å²) >= 11 is 24.8. The number of aliphatic carboxylic acids is 1. The Kier molecular flexibility index (Phi) is 23.6. The van der Waals surface area contributed by atoms with E-state index in [0.29, 0.717) is 57.3 Å². The van der Waals surface area contributed by atoms with Crippen LogP contribution in [-0.2, 0) is 43.2 Å². The van der Waals surface area contributed by atoms with Crippen LogP contribution in [0, 0.1) is 0 Å². The highest BCUT2D eigenvalue weighted by Gasteiger charge is 2.35. The molecule has 17 heteroatoms. The van der Waals surface area contributed by atoms with Crippen molar-refractivity contribution < 1.29 is 48.3 Å². The van der Waals surface area contributed by atoms with Crippen molar-refractivity contribution in [3.63, 3.8) is 0 Å². The minimum Gasteiger partial charge on any atom is -0.481 e. The van der Waals surface area contributed by atoms with Gasteiger partial charge in [-0.25, -0.2) is 4.79 Å². The number of carboxylic acids is 1. The molecule has 1 fully saturated rings. The van der Waals surface area contributed by atoms with Gasteiger partial charge in [0.05, 0.1) is 45.0 Å². The smallest absolute Gasteiger partial charge is 0.333 e. The Bertz CT molecular complexity index is 2750. The highest BCUT2D eigenvalue weighted by molar-refractivity contribution is 6.42. The molecule has 0 spiro atoms. The van der Waals surface area contributed by atoms with Crippen LogP contribution in [0.15, 0.2) is 84.9 Å². The third-order valence-corrected chi connectivity index (χ3v) is 16.4. The van der Waals surface area contributed by atoms with E-state index in [9.17, 15) is 38.4 Å². The molecule has 0 saturated carbocycles. The molecule has 4 atom stereocenters. The number of rotatable bonds is 25. The number of nitrogens with zero attached hydrogens (tertiary/aromatic N) is 3. The SMILES string of the molecule is CN(C(=O)CCCCCCC(=O)CCC(=O)O)[C@H]1CC[C@@H](c2ccc(Cl)c(Cl)c2)c2ccccc21.CN(C(=O)CCCCCCC(=O)CCC(=O)ON1C(=O)CCC1=O)[C@H]1CC[C@@H](c2ccc(Cl)c(Cl)c2)c2ccccc21. The van der Waals surface area contributed by atoms with E-state index in [-0.39, 0.29) is 85.8 Å². The lowest BCUT2D eigenvalue weighted by molar-refractivity contribution is -0.197. The molecular weight excluding hydrogens is 1060 g/mol. The fourth-order valence-electron chi connectivity index (χ4n) is 10.6. The molecule has 1 aliphatic heterocycles. The Morgan fingerprint density at radius 2 is 0.883 bits per heavy atom. The number of unbranched alkanes of at least 4 members (excludes halogenated alkanes) is 6. The molecule has 1 saturated heterocycles. The fraction of sp³-hybridized carbons (Fsp3) is 0.467. The van der Waals surface area contributed by atoms with Crippen LogP contribution >= 0.6 is 46.4 Å². The Morgan fingerprint density at radius 1 is 0.494 bits per heavy atom. The number of halogens is 4. The van der Waals surface area contributed by atoms with E-state index in [1.54, 1.807) is 0 Å². The maximum atomic E-state index is 13.1. The number of Topliss-reactive ketones (excluding diaryl/α,β-unsaturated/α-hetero) is 2. The van der Waals surface area contributed by atoms with E-state index in [1.165, 1.54) is 16.7 Å². The van der Waals surface area contributed by atoms with E-state index < -0.39 is 23.8 Å². The Morgan fingerprint density at radius 3 is 1.29 bits per heavy atom. The summed E-state index contributed by atoms with van der Waals surface area (Å²) in [5.41, 5.74) is 7.05. The number of ketones is 2. The first kappa shape index (κ1) is 60.6. The molecule has 1 heterocycles. The number of hydroxylamine groups is 2. The zero-order valence-corrected chi connectivity index (χ0v) is 46.9. The topological polar surface area (TPSA) is 176 Å². The van der Waals surface area contributed by atoms with Crippen molar-refractivity contribution in [2.45, 2.75) is 165 Å². The second kappa shape index (κ2) is 30.0. The van der Waals surface area contributed by atoms with Gasteiger partial charge < -0.3 is 19.7 Å². The maximum absolute atomic E-state index is 13.1. The number of carbonyl (C=O) groups excluding carboxylic acids is 7. The lowest BCUT2D eigenvalue weighted by atomic mass is 9.76. The minimum atomic E-state index is -0.938. The molecule has 4 aromatic carbocycles. The average molecular weight is 1130 g/mol. The lowest BCUT2D eigenvalue weighted by Crippen LogP contribution is -2.34. The molecule has 13 nitrogen and oxygen atoms in total. The van der Waals surface area contributed by atoms with Crippen molar-refractivity contribution in [3.8, 4) is 0 Å². The van der Waals surface area contributed by atoms with Gasteiger partial charge in [0.2, 0.25) is 11.8 Å². The normalized spacial score (nSPS) is 17.6. The van der Waals surface area contributed by atoms with Gasteiger partial charge in [0.25, 0.3) is 11.8 Å². The van der Waals surface area contributed by atoms with Gasteiger partial charge in [0.15, 0.2) is 0 Å². The molecule has 2 aliphatic carbocycles. The second-order valence-corrected chi connectivity index (χ2v) is 21.9. The molecule has 1 N–H and O–H groups in total. The van der Waals surface area contributed by atoms with Gasteiger partial charge in [-0.2, -0.15) is 0 Å². The van der Waals surface area contributed by atoms with Crippen LogP contribution in [0.2, 0.25) is 20.1 Å². The standard InChI is InChI=1S/C32H36Cl2N2O6.C28H33Cl2NO4/c1-35(28-16-14-23(24-9-6-7-10-25(24)28)21-12-15-26(33)27(34)20-21)29(38)11-5-3-2-4-8-22(37)13-19-32(41)42-36-30(39)17-18-31(36)40;1-31(27(33)11-5-3-2-4-8-20(32)13-17-28(34)35)26-16-14-21(22-9-6-7-10-23(22)26)19-12-15-24(29)25(30)18-19/h6-7,9-10,12,15,20,23,28H,2-5,8,11,13-14,16-19H2,1H3;6-7,9-10,12,15,18,21,26H,2-5,8,11,13-14,16-17H2,1H3,(H,34,35)/t23-,28-;21-,26-/m00/s1. The predicted octanol–water partition coefficient (Wildman–Crippen LogP) is 13.9. The fourth-order valence-corrected chi connectivity index (χ4v) is 11.3. The summed E-state index contributed by atoms with van der Waals surface area (Å²) < 4.78 is 0. The van der Waals surface area contributed by atoms with Gasteiger partial charge in [-0.05, 0) is 109 Å². The quantitative estimate of drug-likeness (QED) is 0.0496. The first-order valence-corrected chi connectivity index (χ1v) is 28.3. The summed E-state index contributed by atoms with van der Waals surface area (Å²) in [4.78, 5) is 104. The Balaban J connectivity index is 0.000000254. The first-order chi connectivity index (χ1) is 36.9. The molecule has 4 amide bonds. The third-order valence-electron chi connectivity index (χ3n) is 14.9. The Labute approximate surface area is 471 Å². The van der Waals surface area contributed by atoms with Crippen molar-refractivity contribution >= 4 is 93.5 Å². The molecule has 0 radical (unpaired) electrons. The predicted molar refractivity (Wildman–Crippen MR) is 298 cm³/mol. The molecule has 0 unspecified atom stereocenters. The highest BCUT2D eigenvalue weighted by atomic mass is 35.5. The molecule has 412 valence electrons. The van der Waals surface area contributed by atoms with Gasteiger partial charge in [0.1, 0.15) is 11.6 Å². The number of hydrogen-bond donors (Lipinski definition) is 1. The summed E-state index contributed by atoms with van der Waals surface area (Å²) in [7, 11) is 3.77. The zero-order valence-electron chi connectivity index (χ0n) is 43.9. The van der Waals surface area contributed by atoms with E-state index >= 15 is 0 Å². The van der Waals surface area contributed by atoms with Crippen LogP contribution < -0.4 is 0 Å². The van der Waals surface area contributed by atoms with Crippen molar-refractivity contribution in [3.05, 3.63) is 138 Å². The molecule has 4 aromatic rings. The number of amides is 4. The molecular formula is C60H69Cl4N3O10. The number of fused-ring (bicyclic) bond motifs is 2. The van der Waals surface area contributed by atoms with Crippen LogP contribution in [0.3, 0.4) is 0 Å². The average Bonchev–Trinajstić information content (AvgIpc) is 3.76. The Hall–Kier alpha value is -5.60. The van der Waals surface area contributed by atoms with E-state index in [1.807, 2.05) is 84.6 Å². The van der Waals surface area contributed by atoms with Crippen LogP contribution in [0.1, 0.15) is 199 Å². The van der Waals surface area contributed by atoms with Crippen molar-refractivity contribution in [1.82, 2.24) is 14.9 Å². The number of carbonyl (C=O) groups is 8. The molecule has 0 bridgehead atoms. The monoisotopic (exact) mass is 1130 g/mol. The summed E-state index contributed by atoms with van der Waals surface area (Å²) in [5, 5.41) is 11.3. The number of imide groups is 1. The minimum absolute atomic E-state index is 0.00153. The van der Waals surface area contributed by atoms with E-state index in [2.05, 4.69) is 24.3 Å². The van der Waals surface area contributed by atoms with Crippen LogP contribution in [0.25, 0.3) is 0 Å². The largest absolute Gasteiger partial charge is 0.481 e. The van der Waals surface area contributed by atoms with Crippen LogP contribution in [0.5, 0.6) is 0 Å². The van der Waals surface area contributed by atoms with Crippen molar-refractivity contribution in [2.24, 2.45) is 0 Å². The summed E-state index contributed by atoms with van der Waals surface area (Å²) in [5.74, 6) is -2.20. The van der Waals surface area contributed by atoms with E-state index in [4.69, 9.17) is 56.3 Å². The summed E-state index contributed by atoms with van der Waals surface area (Å²) in [6.07, 6.45) is 11.5. The third kappa shape index (κ3) is 17.4. The van der Waals surface area contributed by atoms with Gasteiger partial charge >= 0.3 is 11.9 Å². The van der Waals surface area contributed by atoms with Crippen molar-refractivity contribution in [1.29, 1.82) is 0 Å². The number of carboxylic acid groups (broad SMARTS) is 1. The second-order valence-electron chi connectivity index (χ2n) is 20.3.